The van der Waals surface area contributed by atoms with Crippen LogP contribution in [0.25, 0.3) is 0 Å². The van der Waals surface area contributed by atoms with Crippen LogP contribution in [0.4, 0.5) is 15.8 Å². The second-order valence-electron chi connectivity index (χ2n) is 3.45. The Balaban J connectivity index is 2.28. The van der Waals surface area contributed by atoms with Crippen molar-refractivity contribution in [3.05, 3.63) is 40.9 Å². The summed E-state index contributed by atoms with van der Waals surface area (Å²) >= 11 is 3.00. The molecule has 4 N–H and O–H groups in total. The van der Waals surface area contributed by atoms with Crippen molar-refractivity contribution in [3.63, 3.8) is 0 Å². The van der Waals surface area contributed by atoms with Crippen LogP contribution in [0.2, 0.25) is 0 Å². The standard InChI is InChI=1S/C10H9BrFN5O/c11-8-3-7(1-2-9(8)12)17(18)10(14)16-5-6(13)4-15-16/h1-5,14,18H,13H2. The lowest BCUT2D eigenvalue weighted by Gasteiger charge is -2.17. The number of aromatic nitrogens is 2. The molecule has 6 nitrogen and oxygen atoms in total. The van der Waals surface area contributed by atoms with Gasteiger partial charge in [-0.25, -0.2) is 9.07 Å². The molecule has 94 valence electrons. The van der Waals surface area contributed by atoms with Crippen molar-refractivity contribution >= 4 is 33.3 Å². The monoisotopic (exact) mass is 313 g/mol. The third-order valence-corrected chi connectivity index (χ3v) is 2.78. The third kappa shape index (κ3) is 2.34. The van der Waals surface area contributed by atoms with Crippen LogP contribution in [0.15, 0.2) is 35.1 Å². The Morgan fingerprint density at radius 2 is 2.28 bits per heavy atom. The minimum absolute atomic E-state index is 0.187. The Hall–Kier alpha value is -1.93. The van der Waals surface area contributed by atoms with Crippen molar-refractivity contribution < 1.29 is 9.60 Å². The van der Waals surface area contributed by atoms with E-state index in [1.165, 1.54) is 30.6 Å². The topological polar surface area (TPSA) is 91.2 Å². The molecule has 0 saturated heterocycles. The number of anilines is 2. The fourth-order valence-corrected chi connectivity index (χ4v) is 1.66. The largest absolute Gasteiger partial charge is 0.396 e. The molecule has 2 rings (SSSR count). The molecule has 1 aromatic carbocycles. The Morgan fingerprint density at radius 1 is 1.56 bits per heavy atom. The average molecular weight is 314 g/mol. The minimum Gasteiger partial charge on any atom is -0.396 e. The maximum atomic E-state index is 13.1. The highest BCUT2D eigenvalue weighted by Gasteiger charge is 2.14. The van der Waals surface area contributed by atoms with Gasteiger partial charge in [0.05, 0.1) is 28.2 Å². The van der Waals surface area contributed by atoms with Crippen LogP contribution in [0.3, 0.4) is 0 Å². The number of nitrogens with two attached hydrogens (primary N) is 1. The van der Waals surface area contributed by atoms with Gasteiger partial charge in [0.15, 0.2) is 0 Å². The maximum Gasteiger partial charge on any atom is 0.248 e. The average Bonchev–Trinajstić information content (AvgIpc) is 2.77. The fourth-order valence-electron chi connectivity index (χ4n) is 1.29. The van der Waals surface area contributed by atoms with Gasteiger partial charge in [-0.05, 0) is 34.1 Å². The predicted octanol–water partition coefficient (Wildman–Crippen LogP) is 2.05. The summed E-state index contributed by atoms with van der Waals surface area (Å²) in [7, 11) is 0. The summed E-state index contributed by atoms with van der Waals surface area (Å²) in [4.78, 5) is 0. The molecule has 1 heterocycles. The molecule has 0 fully saturated rings. The quantitative estimate of drug-likeness (QED) is 0.427. The van der Waals surface area contributed by atoms with E-state index in [2.05, 4.69) is 21.0 Å². The first kappa shape index (κ1) is 12.5. The molecule has 0 aliphatic heterocycles. The first-order chi connectivity index (χ1) is 8.49. The molecule has 0 aliphatic rings. The lowest BCUT2D eigenvalue weighted by molar-refractivity contribution is 0.306. The Bertz CT molecular complexity index is 600. The number of halogens is 2. The first-order valence-corrected chi connectivity index (χ1v) is 5.61. The molecule has 0 spiro atoms. The number of rotatable bonds is 1. The SMILES string of the molecule is N=C(N(O)c1ccc(F)c(Br)c1)n1cc(N)cn1. The first-order valence-electron chi connectivity index (χ1n) is 4.82. The summed E-state index contributed by atoms with van der Waals surface area (Å²) in [5.41, 5.74) is 6.06. The molecule has 0 aliphatic carbocycles. The van der Waals surface area contributed by atoms with Gasteiger partial charge in [-0.15, -0.1) is 0 Å². The number of hydroxylamine groups is 1. The van der Waals surface area contributed by atoms with E-state index in [0.29, 0.717) is 10.8 Å². The minimum atomic E-state index is -0.456. The Morgan fingerprint density at radius 3 is 2.83 bits per heavy atom. The van der Waals surface area contributed by atoms with Gasteiger partial charge < -0.3 is 5.73 Å². The molecule has 0 unspecified atom stereocenters. The van der Waals surface area contributed by atoms with Crippen molar-refractivity contribution in [1.82, 2.24) is 9.78 Å². The molecule has 0 saturated carbocycles. The molecule has 2 aromatic rings. The zero-order valence-electron chi connectivity index (χ0n) is 9.01. The maximum absolute atomic E-state index is 13.1. The smallest absolute Gasteiger partial charge is 0.248 e. The molecule has 0 atom stereocenters. The predicted molar refractivity (Wildman–Crippen MR) is 68.1 cm³/mol. The molecule has 8 heteroatoms. The van der Waals surface area contributed by atoms with Gasteiger partial charge in [0, 0.05) is 0 Å². The van der Waals surface area contributed by atoms with Crippen LogP contribution < -0.4 is 10.8 Å². The number of nitrogen functional groups attached to an aromatic ring is 1. The number of benzene rings is 1. The van der Waals surface area contributed by atoms with E-state index in [4.69, 9.17) is 11.1 Å². The van der Waals surface area contributed by atoms with Gasteiger partial charge in [0.25, 0.3) is 0 Å². The molecule has 0 bridgehead atoms. The fraction of sp³-hybridized carbons (Fsp3) is 0. The lowest BCUT2D eigenvalue weighted by atomic mass is 10.3. The van der Waals surface area contributed by atoms with Crippen molar-refractivity contribution in [2.75, 3.05) is 10.8 Å². The van der Waals surface area contributed by atoms with E-state index in [0.717, 1.165) is 4.68 Å². The van der Waals surface area contributed by atoms with Crippen molar-refractivity contribution in [2.24, 2.45) is 0 Å². The van der Waals surface area contributed by atoms with Gasteiger partial charge in [-0.1, -0.05) is 0 Å². The normalized spacial score (nSPS) is 10.4. The Kier molecular flexibility index (Phi) is 3.30. The van der Waals surface area contributed by atoms with Crippen molar-refractivity contribution in [3.8, 4) is 0 Å². The third-order valence-electron chi connectivity index (χ3n) is 2.17. The number of nitrogens with zero attached hydrogens (tertiary/aromatic N) is 3. The zero-order valence-corrected chi connectivity index (χ0v) is 10.6. The summed E-state index contributed by atoms with van der Waals surface area (Å²) in [5.74, 6) is -0.785. The van der Waals surface area contributed by atoms with E-state index in [1.807, 2.05) is 0 Å². The van der Waals surface area contributed by atoms with E-state index < -0.39 is 5.82 Å². The summed E-state index contributed by atoms with van der Waals surface area (Å²) in [5, 5.41) is 21.9. The molecule has 1 aromatic heterocycles. The summed E-state index contributed by atoms with van der Waals surface area (Å²) in [6.07, 6.45) is 2.73. The van der Waals surface area contributed by atoms with Crippen LogP contribution in [0.5, 0.6) is 0 Å². The second-order valence-corrected chi connectivity index (χ2v) is 4.31. The molecule has 0 amide bonds. The highest BCUT2D eigenvalue weighted by molar-refractivity contribution is 9.10. The number of nitrogens with one attached hydrogen (secondary N) is 1. The van der Waals surface area contributed by atoms with Gasteiger partial charge in [-0.3, -0.25) is 10.6 Å². The van der Waals surface area contributed by atoms with Crippen LogP contribution >= 0.6 is 15.9 Å². The van der Waals surface area contributed by atoms with Crippen molar-refractivity contribution in [1.29, 1.82) is 5.41 Å². The molecule has 18 heavy (non-hydrogen) atoms. The van der Waals surface area contributed by atoms with Crippen molar-refractivity contribution in [2.45, 2.75) is 0 Å². The van der Waals surface area contributed by atoms with E-state index in [-0.39, 0.29) is 16.1 Å². The zero-order chi connectivity index (χ0) is 13.3. The van der Waals surface area contributed by atoms with E-state index in [1.54, 1.807) is 0 Å². The molecular weight excluding hydrogens is 305 g/mol. The second kappa shape index (κ2) is 4.75. The van der Waals surface area contributed by atoms with E-state index in [9.17, 15) is 9.60 Å². The van der Waals surface area contributed by atoms with Gasteiger partial charge >= 0.3 is 0 Å². The number of hydrogen-bond acceptors (Lipinski definition) is 4. The molecule has 0 radical (unpaired) electrons. The van der Waals surface area contributed by atoms with Gasteiger partial charge in [0.1, 0.15) is 5.82 Å². The highest BCUT2D eigenvalue weighted by atomic mass is 79.9. The summed E-state index contributed by atoms with van der Waals surface area (Å²) in [6, 6.07) is 3.85. The van der Waals surface area contributed by atoms with Gasteiger partial charge in [-0.2, -0.15) is 10.2 Å². The summed E-state index contributed by atoms with van der Waals surface area (Å²) in [6.45, 7) is 0. The lowest BCUT2D eigenvalue weighted by Crippen LogP contribution is -2.32. The van der Waals surface area contributed by atoms with Crippen LogP contribution in [-0.2, 0) is 0 Å². The van der Waals surface area contributed by atoms with Gasteiger partial charge in [0.2, 0.25) is 5.96 Å². The van der Waals surface area contributed by atoms with Crippen LogP contribution in [-0.4, -0.2) is 20.9 Å². The van der Waals surface area contributed by atoms with Crippen LogP contribution in [0.1, 0.15) is 0 Å². The number of hydrogen-bond donors (Lipinski definition) is 3. The Labute approximate surface area is 110 Å². The highest BCUT2D eigenvalue weighted by Crippen LogP contribution is 2.22. The van der Waals surface area contributed by atoms with Crippen LogP contribution in [0, 0.1) is 11.2 Å². The van der Waals surface area contributed by atoms with E-state index >= 15 is 0 Å². The summed E-state index contributed by atoms with van der Waals surface area (Å²) < 4.78 is 14.3. The molecular formula is C10H9BrFN5O.